The summed E-state index contributed by atoms with van der Waals surface area (Å²) in [5.74, 6) is 1.39. The zero-order valence-corrected chi connectivity index (χ0v) is 11.1. The lowest BCUT2D eigenvalue weighted by atomic mass is 10.3. The van der Waals surface area contributed by atoms with E-state index in [-0.39, 0.29) is 0 Å². The van der Waals surface area contributed by atoms with E-state index in [1.807, 2.05) is 13.0 Å². The number of rotatable bonds is 4. The Balaban J connectivity index is 2.02. The minimum absolute atomic E-state index is 0.627. The normalized spacial score (nSPS) is 16.9. The second-order valence-corrected chi connectivity index (χ2v) is 4.47. The molecule has 0 amide bonds. The molecular weight excluding hydrogens is 230 g/mol. The first-order chi connectivity index (χ1) is 8.72. The first-order valence-corrected chi connectivity index (χ1v) is 6.30. The molecule has 0 aromatic carbocycles. The highest BCUT2D eigenvalue weighted by atomic mass is 16.5. The number of aryl methyl sites for hydroxylation is 1. The highest BCUT2D eigenvalue weighted by molar-refractivity contribution is 5.34. The topological polar surface area (TPSA) is 67.5 Å². The van der Waals surface area contributed by atoms with Gasteiger partial charge in [0.05, 0.1) is 7.11 Å². The number of hydrogen-bond acceptors (Lipinski definition) is 6. The molecular formula is C12H21N5O. The lowest BCUT2D eigenvalue weighted by Crippen LogP contribution is -2.48. The summed E-state index contributed by atoms with van der Waals surface area (Å²) < 4.78 is 5.18. The third-order valence-corrected chi connectivity index (χ3v) is 3.13. The first-order valence-electron chi connectivity index (χ1n) is 6.30. The van der Waals surface area contributed by atoms with Crippen molar-refractivity contribution in [2.75, 3.05) is 51.3 Å². The van der Waals surface area contributed by atoms with Crippen LogP contribution in [0.5, 0.6) is 5.88 Å². The fourth-order valence-corrected chi connectivity index (χ4v) is 2.12. The lowest BCUT2D eigenvalue weighted by molar-refractivity contribution is 0.263. The van der Waals surface area contributed by atoms with Crippen molar-refractivity contribution in [2.45, 2.75) is 6.92 Å². The Morgan fingerprint density at radius 3 is 2.61 bits per heavy atom. The van der Waals surface area contributed by atoms with Crippen LogP contribution < -0.4 is 15.4 Å². The average molecular weight is 251 g/mol. The molecule has 1 saturated heterocycles. The van der Waals surface area contributed by atoms with Gasteiger partial charge in [-0.2, -0.15) is 4.98 Å². The molecule has 0 spiro atoms. The SMILES string of the molecule is COc1cc(C)nc(N2CCN(CCN)CC2)n1. The summed E-state index contributed by atoms with van der Waals surface area (Å²) in [6.07, 6.45) is 0. The Bertz CT molecular complexity index is 390. The van der Waals surface area contributed by atoms with Gasteiger partial charge in [-0.25, -0.2) is 4.98 Å². The summed E-state index contributed by atoms with van der Waals surface area (Å²) in [6.45, 7) is 7.53. The Hall–Kier alpha value is -1.40. The number of hydrogen-bond donors (Lipinski definition) is 1. The van der Waals surface area contributed by atoms with Crippen LogP contribution in [0.3, 0.4) is 0 Å². The molecule has 0 radical (unpaired) electrons. The van der Waals surface area contributed by atoms with E-state index in [1.165, 1.54) is 0 Å². The largest absolute Gasteiger partial charge is 0.481 e. The standard InChI is InChI=1S/C12H21N5O/c1-10-9-11(18-2)15-12(14-10)17-7-5-16(4-3-13)6-8-17/h9H,3-8,13H2,1-2H3. The number of aromatic nitrogens is 2. The smallest absolute Gasteiger partial charge is 0.228 e. The number of nitrogens with two attached hydrogens (primary N) is 1. The van der Waals surface area contributed by atoms with Gasteiger partial charge in [0, 0.05) is 51.0 Å². The van der Waals surface area contributed by atoms with Crippen LogP contribution in [0.2, 0.25) is 0 Å². The summed E-state index contributed by atoms with van der Waals surface area (Å²) in [5.41, 5.74) is 6.50. The van der Waals surface area contributed by atoms with Crippen LogP contribution in [0.1, 0.15) is 5.69 Å². The van der Waals surface area contributed by atoms with Crippen LogP contribution in [0, 0.1) is 6.92 Å². The molecule has 1 aliphatic rings. The minimum atomic E-state index is 0.627. The lowest BCUT2D eigenvalue weighted by Gasteiger charge is -2.34. The molecule has 6 heteroatoms. The van der Waals surface area contributed by atoms with Crippen LogP contribution in [-0.4, -0.2) is 61.2 Å². The van der Waals surface area contributed by atoms with Crippen LogP contribution >= 0.6 is 0 Å². The molecule has 1 aromatic rings. The van der Waals surface area contributed by atoms with Crippen molar-refractivity contribution in [3.05, 3.63) is 11.8 Å². The van der Waals surface area contributed by atoms with Crippen LogP contribution in [-0.2, 0) is 0 Å². The molecule has 0 bridgehead atoms. The molecule has 2 rings (SSSR count). The predicted molar refractivity (Wildman–Crippen MR) is 71.0 cm³/mol. The molecule has 0 aliphatic carbocycles. The van der Waals surface area contributed by atoms with Gasteiger partial charge < -0.3 is 15.4 Å². The third-order valence-electron chi connectivity index (χ3n) is 3.13. The summed E-state index contributed by atoms with van der Waals surface area (Å²) in [6, 6.07) is 1.84. The highest BCUT2D eigenvalue weighted by Crippen LogP contribution is 2.16. The van der Waals surface area contributed by atoms with Gasteiger partial charge in [-0.05, 0) is 6.92 Å². The predicted octanol–water partition coefficient (Wildman–Crippen LogP) is -0.126. The Kier molecular flexibility index (Phi) is 4.33. The van der Waals surface area contributed by atoms with Crippen LogP contribution in [0.4, 0.5) is 5.95 Å². The molecule has 1 aliphatic heterocycles. The Morgan fingerprint density at radius 2 is 2.00 bits per heavy atom. The molecule has 0 atom stereocenters. The van der Waals surface area contributed by atoms with Gasteiger partial charge in [0.2, 0.25) is 11.8 Å². The number of nitrogens with zero attached hydrogens (tertiary/aromatic N) is 4. The van der Waals surface area contributed by atoms with Crippen molar-refractivity contribution < 1.29 is 4.74 Å². The third kappa shape index (κ3) is 3.08. The zero-order valence-electron chi connectivity index (χ0n) is 11.1. The second-order valence-electron chi connectivity index (χ2n) is 4.47. The summed E-state index contributed by atoms with van der Waals surface area (Å²) in [5, 5.41) is 0. The van der Waals surface area contributed by atoms with E-state index in [0.717, 1.165) is 50.9 Å². The van der Waals surface area contributed by atoms with E-state index in [0.29, 0.717) is 5.88 Å². The van der Waals surface area contributed by atoms with Gasteiger partial charge in [-0.15, -0.1) is 0 Å². The second kappa shape index (κ2) is 5.97. The van der Waals surface area contributed by atoms with E-state index in [4.69, 9.17) is 10.5 Å². The molecule has 100 valence electrons. The van der Waals surface area contributed by atoms with Crippen molar-refractivity contribution >= 4 is 5.95 Å². The van der Waals surface area contributed by atoms with E-state index in [9.17, 15) is 0 Å². The van der Waals surface area contributed by atoms with E-state index in [2.05, 4.69) is 19.8 Å². The first kappa shape index (κ1) is 13.0. The molecule has 18 heavy (non-hydrogen) atoms. The van der Waals surface area contributed by atoms with Crippen molar-refractivity contribution in [2.24, 2.45) is 5.73 Å². The van der Waals surface area contributed by atoms with Gasteiger partial charge >= 0.3 is 0 Å². The molecule has 2 N–H and O–H groups in total. The van der Waals surface area contributed by atoms with Crippen molar-refractivity contribution in [3.63, 3.8) is 0 Å². The van der Waals surface area contributed by atoms with Crippen molar-refractivity contribution in [1.82, 2.24) is 14.9 Å². The summed E-state index contributed by atoms with van der Waals surface area (Å²) >= 11 is 0. The van der Waals surface area contributed by atoms with Gasteiger partial charge in [-0.3, -0.25) is 4.90 Å². The van der Waals surface area contributed by atoms with Gasteiger partial charge in [-0.1, -0.05) is 0 Å². The van der Waals surface area contributed by atoms with Crippen LogP contribution in [0.25, 0.3) is 0 Å². The molecule has 0 unspecified atom stereocenters. The fourth-order valence-electron chi connectivity index (χ4n) is 2.12. The van der Waals surface area contributed by atoms with Gasteiger partial charge in [0.1, 0.15) is 0 Å². The molecule has 6 nitrogen and oxygen atoms in total. The van der Waals surface area contributed by atoms with Gasteiger partial charge in [0.25, 0.3) is 0 Å². The quantitative estimate of drug-likeness (QED) is 0.804. The zero-order chi connectivity index (χ0) is 13.0. The average Bonchev–Trinajstić information content (AvgIpc) is 2.39. The minimum Gasteiger partial charge on any atom is -0.481 e. The highest BCUT2D eigenvalue weighted by Gasteiger charge is 2.19. The molecule has 1 aromatic heterocycles. The van der Waals surface area contributed by atoms with E-state index >= 15 is 0 Å². The maximum atomic E-state index is 5.57. The number of ether oxygens (including phenoxy) is 1. The van der Waals surface area contributed by atoms with E-state index in [1.54, 1.807) is 7.11 Å². The summed E-state index contributed by atoms with van der Waals surface area (Å²) in [4.78, 5) is 13.4. The van der Waals surface area contributed by atoms with E-state index < -0.39 is 0 Å². The number of methoxy groups -OCH3 is 1. The molecule has 0 saturated carbocycles. The van der Waals surface area contributed by atoms with Gasteiger partial charge in [0.15, 0.2) is 0 Å². The van der Waals surface area contributed by atoms with Crippen molar-refractivity contribution in [1.29, 1.82) is 0 Å². The van der Waals surface area contributed by atoms with Crippen LogP contribution in [0.15, 0.2) is 6.07 Å². The fraction of sp³-hybridized carbons (Fsp3) is 0.667. The van der Waals surface area contributed by atoms with Crippen molar-refractivity contribution in [3.8, 4) is 5.88 Å². The summed E-state index contributed by atoms with van der Waals surface area (Å²) in [7, 11) is 1.63. The number of piperazine rings is 1. The maximum absolute atomic E-state index is 5.57. The number of anilines is 1. The Morgan fingerprint density at radius 1 is 1.28 bits per heavy atom. The molecule has 2 heterocycles. The molecule has 1 fully saturated rings. The Labute approximate surface area is 108 Å². The maximum Gasteiger partial charge on any atom is 0.228 e. The monoisotopic (exact) mass is 251 g/mol.